The van der Waals surface area contributed by atoms with Crippen LogP contribution in [0.5, 0.6) is 5.75 Å². The van der Waals surface area contributed by atoms with Gasteiger partial charge in [0.05, 0.1) is 24.1 Å². The molecule has 2 atom stereocenters. The van der Waals surface area contributed by atoms with Crippen molar-refractivity contribution in [2.75, 3.05) is 31.8 Å². The van der Waals surface area contributed by atoms with Crippen molar-refractivity contribution in [3.05, 3.63) is 60.6 Å². The molecule has 0 radical (unpaired) electrons. The Kier molecular flexibility index (Phi) is 8.72. The van der Waals surface area contributed by atoms with E-state index in [-0.39, 0.29) is 13.0 Å². The number of aromatic nitrogens is 1. The lowest BCUT2D eigenvalue weighted by Crippen LogP contribution is -2.33. The molecule has 3 N–H and O–H groups in total. The topological polar surface area (TPSA) is 152 Å². The monoisotopic (exact) mass is 557 g/mol. The van der Waals surface area contributed by atoms with Crippen LogP contribution in [0.4, 0.5) is 21.0 Å². The molecule has 0 bridgehead atoms. The van der Waals surface area contributed by atoms with E-state index in [1.165, 1.54) is 31.9 Å². The van der Waals surface area contributed by atoms with Gasteiger partial charge in [0.2, 0.25) is 10.0 Å². The van der Waals surface area contributed by atoms with Crippen LogP contribution in [0.3, 0.4) is 0 Å². The number of hydrogen-bond acceptors (Lipinski definition) is 8. The summed E-state index contributed by atoms with van der Waals surface area (Å²) in [4.78, 5) is 28.8. The summed E-state index contributed by atoms with van der Waals surface area (Å²) in [6, 6.07) is 11.7. The number of hydrogen-bond donors (Lipinski definition) is 3. The number of carbonyl (C=O) groups is 2. The van der Waals surface area contributed by atoms with Gasteiger partial charge in [0.25, 0.3) is 0 Å². The molecule has 3 aromatic rings. The predicted molar refractivity (Wildman–Crippen MR) is 145 cm³/mol. The predicted octanol–water partition coefficient (Wildman–Crippen LogP) is 4.03. The molecule has 208 valence electrons. The third-order valence-electron chi connectivity index (χ3n) is 6.32. The number of ether oxygens (including phenoxy) is 2. The fraction of sp³-hybridized carbons (Fsp3) is 0.346. The maximum absolute atomic E-state index is 12.6. The third-order valence-corrected chi connectivity index (χ3v) is 8.61. The zero-order valence-corrected chi connectivity index (χ0v) is 22.7. The van der Waals surface area contributed by atoms with Crippen LogP contribution < -0.4 is 20.7 Å². The van der Waals surface area contributed by atoms with E-state index in [1.807, 2.05) is 0 Å². The number of benzene rings is 2. The van der Waals surface area contributed by atoms with Crippen molar-refractivity contribution in [1.82, 2.24) is 14.6 Å². The van der Waals surface area contributed by atoms with Crippen molar-refractivity contribution in [2.24, 2.45) is 0 Å². The first-order valence-corrected chi connectivity index (χ1v) is 13.8. The van der Waals surface area contributed by atoms with Crippen molar-refractivity contribution in [1.29, 1.82) is 0 Å². The van der Waals surface area contributed by atoms with Gasteiger partial charge in [-0.05, 0) is 42.7 Å². The fourth-order valence-corrected chi connectivity index (χ4v) is 5.81. The van der Waals surface area contributed by atoms with Gasteiger partial charge in [0.15, 0.2) is 12.2 Å². The van der Waals surface area contributed by atoms with Crippen LogP contribution in [0, 0.1) is 0 Å². The van der Waals surface area contributed by atoms with Gasteiger partial charge < -0.3 is 29.8 Å². The van der Waals surface area contributed by atoms with Crippen molar-refractivity contribution >= 4 is 33.5 Å². The lowest BCUT2D eigenvalue weighted by Gasteiger charge is -2.17. The minimum atomic E-state index is -3.38. The molecule has 3 amide bonds. The standard InChI is InChI=1S/C26H31N5O7S/c1-31(2)39(34,35)21-9-8-20(13-21)38-26(33)28-14-17-5-4-6-18(11-17)29-25(32)30-19-7-10-22(23(12-19)36-3)24-15-27-16-37-24/h4-7,10-12,15-16,20-21H,8-9,13-14H2,1-3H3,(H,28,33)(H2,29,30,32)/t20-,21?/m1/s1. The molecule has 0 spiro atoms. The fourth-order valence-electron chi connectivity index (χ4n) is 4.32. The molecule has 1 saturated carbocycles. The number of sulfonamides is 1. The van der Waals surface area contributed by atoms with E-state index in [4.69, 9.17) is 13.9 Å². The number of nitrogens with one attached hydrogen (secondary N) is 3. The lowest BCUT2D eigenvalue weighted by atomic mass is 10.1. The van der Waals surface area contributed by atoms with Crippen LogP contribution in [0.1, 0.15) is 24.8 Å². The van der Waals surface area contributed by atoms with E-state index in [0.717, 1.165) is 5.56 Å². The molecular weight excluding hydrogens is 526 g/mol. The Balaban J connectivity index is 1.27. The van der Waals surface area contributed by atoms with Gasteiger partial charge in [-0.15, -0.1) is 0 Å². The first-order chi connectivity index (χ1) is 18.7. The number of carbonyl (C=O) groups excluding carboxylic acids is 2. The smallest absolute Gasteiger partial charge is 0.407 e. The van der Waals surface area contributed by atoms with E-state index >= 15 is 0 Å². The van der Waals surface area contributed by atoms with Gasteiger partial charge in [-0.25, -0.2) is 27.3 Å². The van der Waals surface area contributed by atoms with Crippen LogP contribution in [-0.2, 0) is 21.3 Å². The Labute approximate surface area is 226 Å². The van der Waals surface area contributed by atoms with Crippen molar-refractivity contribution in [2.45, 2.75) is 37.2 Å². The molecule has 1 heterocycles. The van der Waals surface area contributed by atoms with Crippen LogP contribution in [-0.4, -0.2) is 62.4 Å². The molecular formula is C26H31N5O7S. The highest BCUT2D eigenvalue weighted by Crippen LogP contribution is 2.32. The minimum absolute atomic E-state index is 0.169. The number of methoxy groups -OCH3 is 1. The zero-order chi connectivity index (χ0) is 28.0. The first-order valence-electron chi connectivity index (χ1n) is 12.3. The minimum Gasteiger partial charge on any atom is -0.496 e. The SMILES string of the molecule is COc1cc(NC(=O)Nc2cccc(CNC(=O)O[C@@H]3CCC(S(=O)(=O)N(C)C)C3)c2)ccc1-c1cnco1. The maximum Gasteiger partial charge on any atom is 0.407 e. The number of rotatable bonds is 9. The van der Waals surface area contributed by atoms with Crippen molar-refractivity contribution in [3.8, 4) is 17.1 Å². The normalized spacial score (nSPS) is 17.0. The van der Waals surface area contributed by atoms with Crippen LogP contribution in [0.25, 0.3) is 11.3 Å². The molecule has 4 rings (SSSR count). The summed E-state index contributed by atoms with van der Waals surface area (Å²) in [5, 5.41) is 7.64. The highest BCUT2D eigenvalue weighted by Gasteiger charge is 2.37. The van der Waals surface area contributed by atoms with Gasteiger partial charge in [-0.3, -0.25) is 0 Å². The average Bonchev–Trinajstić information content (AvgIpc) is 3.60. The van der Waals surface area contributed by atoms with E-state index in [1.54, 1.807) is 48.7 Å². The van der Waals surface area contributed by atoms with Crippen LogP contribution >= 0.6 is 0 Å². The number of urea groups is 1. The Hall–Kier alpha value is -4.10. The summed E-state index contributed by atoms with van der Waals surface area (Å²) in [6.45, 7) is 0.169. The Morgan fingerprint density at radius 3 is 2.56 bits per heavy atom. The molecule has 1 fully saturated rings. The molecule has 0 saturated heterocycles. The molecule has 0 aliphatic heterocycles. The van der Waals surface area contributed by atoms with Crippen LogP contribution in [0.15, 0.2) is 59.5 Å². The van der Waals surface area contributed by atoms with Crippen molar-refractivity contribution in [3.63, 3.8) is 0 Å². The molecule has 13 heteroatoms. The molecule has 39 heavy (non-hydrogen) atoms. The number of anilines is 2. The second kappa shape index (κ2) is 12.2. The van der Waals surface area contributed by atoms with E-state index in [2.05, 4.69) is 20.9 Å². The van der Waals surface area contributed by atoms with Gasteiger partial charge in [0, 0.05) is 44.5 Å². The number of nitrogens with zero attached hydrogens (tertiary/aromatic N) is 2. The zero-order valence-electron chi connectivity index (χ0n) is 21.8. The van der Waals surface area contributed by atoms with Gasteiger partial charge in [0.1, 0.15) is 11.9 Å². The van der Waals surface area contributed by atoms with Crippen molar-refractivity contribution < 1.29 is 31.9 Å². The first kappa shape index (κ1) is 27.9. The molecule has 2 aromatic carbocycles. The summed E-state index contributed by atoms with van der Waals surface area (Å²) in [7, 11) is 1.14. The van der Waals surface area contributed by atoms with Gasteiger partial charge in [-0.1, -0.05) is 12.1 Å². The third kappa shape index (κ3) is 7.06. The van der Waals surface area contributed by atoms with E-state index in [9.17, 15) is 18.0 Å². The molecule has 1 aliphatic rings. The van der Waals surface area contributed by atoms with Crippen LogP contribution in [0.2, 0.25) is 0 Å². The maximum atomic E-state index is 12.6. The van der Waals surface area contributed by atoms with E-state index in [0.29, 0.717) is 41.3 Å². The molecule has 12 nitrogen and oxygen atoms in total. The highest BCUT2D eigenvalue weighted by molar-refractivity contribution is 7.89. The summed E-state index contributed by atoms with van der Waals surface area (Å²) in [5.41, 5.74) is 2.48. The summed E-state index contributed by atoms with van der Waals surface area (Å²) in [5.74, 6) is 1.05. The Morgan fingerprint density at radius 2 is 1.87 bits per heavy atom. The molecule has 1 unspecified atom stereocenters. The largest absolute Gasteiger partial charge is 0.496 e. The van der Waals surface area contributed by atoms with Gasteiger partial charge >= 0.3 is 12.1 Å². The highest BCUT2D eigenvalue weighted by atomic mass is 32.2. The van der Waals surface area contributed by atoms with Gasteiger partial charge in [-0.2, -0.15) is 0 Å². The molecule has 1 aliphatic carbocycles. The lowest BCUT2D eigenvalue weighted by molar-refractivity contribution is 0.101. The molecule has 1 aromatic heterocycles. The quantitative estimate of drug-likeness (QED) is 0.357. The Morgan fingerprint density at radius 1 is 1.10 bits per heavy atom. The second-order valence-corrected chi connectivity index (χ2v) is 11.6. The summed E-state index contributed by atoms with van der Waals surface area (Å²) in [6.07, 6.45) is 3.04. The Bertz CT molecular complexity index is 1410. The number of alkyl carbamates (subject to hydrolysis) is 1. The van der Waals surface area contributed by atoms with E-state index < -0.39 is 33.5 Å². The summed E-state index contributed by atoms with van der Waals surface area (Å²) >= 11 is 0. The number of oxazole rings is 1. The summed E-state index contributed by atoms with van der Waals surface area (Å²) < 4.78 is 41.9. The average molecular weight is 558 g/mol. The number of amides is 3. The second-order valence-electron chi connectivity index (χ2n) is 9.20.